The minimum Gasteiger partial charge on any atom is -0.326 e. The molecule has 19 heavy (non-hydrogen) atoms. The van der Waals surface area contributed by atoms with E-state index in [0.717, 1.165) is 19.3 Å². The highest BCUT2D eigenvalue weighted by molar-refractivity contribution is 8.00. The Labute approximate surface area is 121 Å². The number of hydrogen-bond acceptors (Lipinski definition) is 4. The van der Waals surface area contributed by atoms with Gasteiger partial charge in [-0.05, 0) is 50.7 Å². The Balaban J connectivity index is 1.92. The van der Waals surface area contributed by atoms with Crippen molar-refractivity contribution in [1.82, 2.24) is 4.31 Å². The number of sulfonamides is 1. The van der Waals surface area contributed by atoms with Crippen LogP contribution < -0.4 is 5.73 Å². The number of rotatable bonds is 4. The Kier molecular flexibility index (Phi) is 4.86. The van der Waals surface area contributed by atoms with Crippen LogP contribution >= 0.6 is 11.8 Å². The van der Waals surface area contributed by atoms with Crippen molar-refractivity contribution < 1.29 is 8.42 Å². The standard InChI is InChI=1S/C13H26N2O2S2/c1-13(6-4-8-18-13)12(14)9-11-5-3-7-15(10-11)19(2,16)17/h11-12H,3-10,14H2,1-2H3. The lowest BCUT2D eigenvalue weighted by Crippen LogP contribution is -2.46. The molecule has 6 heteroatoms. The van der Waals surface area contributed by atoms with Crippen molar-refractivity contribution in [3.05, 3.63) is 0 Å². The van der Waals surface area contributed by atoms with Gasteiger partial charge in [0.05, 0.1) is 6.26 Å². The first-order valence-electron chi connectivity index (χ1n) is 7.16. The normalized spacial score (nSPS) is 35.4. The summed E-state index contributed by atoms with van der Waals surface area (Å²) in [6.45, 7) is 3.61. The van der Waals surface area contributed by atoms with Crippen LogP contribution in [-0.2, 0) is 10.0 Å². The SMILES string of the molecule is CC1(C(N)CC2CCCN(S(C)(=O)=O)C2)CCCS1. The minimum absolute atomic E-state index is 0.185. The van der Waals surface area contributed by atoms with Crippen molar-refractivity contribution in [3.8, 4) is 0 Å². The van der Waals surface area contributed by atoms with Crippen molar-refractivity contribution in [2.75, 3.05) is 25.1 Å². The van der Waals surface area contributed by atoms with Gasteiger partial charge in [-0.15, -0.1) is 0 Å². The van der Waals surface area contributed by atoms with E-state index in [4.69, 9.17) is 5.73 Å². The van der Waals surface area contributed by atoms with Crippen LogP contribution in [0.1, 0.15) is 39.0 Å². The van der Waals surface area contributed by atoms with E-state index >= 15 is 0 Å². The van der Waals surface area contributed by atoms with E-state index in [0.29, 0.717) is 19.0 Å². The quantitative estimate of drug-likeness (QED) is 0.858. The smallest absolute Gasteiger partial charge is 0.211 e. The third kappa shape index (κ3) is 3.86. The number of piperidine rings is 1. The maximum absolute atomic E-state index is 11.6. The first-order chi connectivity index (χ1) is 8.81. The van der Waals surface area contributed by atoms with Crippen LogP contribution in [0.5, 0.6) is 0 Å². The van der Waals surface area contributed by atoms with E-state index in [-0.39, 0.29) is 10.8 Å². The zero-order chi connectivity index (χ0) is 14.1. The lowest BCUT2D eigenvalue weighted by atomic mass is 9.86. The van der Waals surface area contributed by atoms with Crippen molar-refractivity contribution in [2.45, 2.75) is 49.8 Å². The van der Waals surface area contributed by atoms with Crippen LogP contribution in [0.3, 0.4) is 0 Å². The molecule has 3 unspecified atom stereocenters. The maximum atomic E-state index is 11.6. The lowest BCUT2D eigenvalue weighted by Gasteiger charge is -2.36. The van der Waals surface area contributed by atoms with Gasteiger partial charge in [0.15, 0.2) is 0 Å². The van der Waals surface area contributed by atoms with Crippen LogP contribution in [0.2, 0.25) is 0 Å². The molecule has 112 valence electrons. The van der Waals surface area contributed by atoms with E-state index in [9.17, 15) is 8.42 Å². The monoisotopic (exact) mass is 306 g/mol. The predicted molar refractivity (Wildman–Crippen MR) is 81.8 cm³/mol. The second kappa shape index (κ2) is 5.92. The highest BCUT2D eigenvalue weighted by atomic mass is 32.2. The summed E-state index contributed by atoms with van der Waals surface area (Å²) in [7, 11) is -3.04. The van der Waals surface area contributed by atoms with Crippen molar-refractivity contribution in [2.24, 2.45) is 11.7 Å². The number of nitrogens with two attached hydrogens (primary N) is 1. The van der Waals surface area contributed by atoms with Crippen LogP contribution in [0.4, 0.5) is 0 Å². The summed E-state index contributed by atoms with van der Waals surface area (Å²) < 4.78 is 25.1. The van der Waals surface area contributed by atoms with E-state index in [1.54, 1.807) is 4.31 Å². The molecule has 2 aliphatic rings. The van der Waals surface area contributed by atoms with E-state index < -0.39 is 10.0 Å². The Morgan fingerprint density at radius 1 is 1.47 bits per heavy atom. The van der Waals surface area contributed by atoms with Crippen LogP contribution in [0.15, 0.2) is 0 Å². The van der Waals surface area contributed by atoms with E-state index in [2.05, 4.69) is 6.92 Å². The number of nitrogens with zero attached hydrogens (tertiary/aromatic N) is 1. The molecule has 0 amide bonds. The van der Waals surface area contributed by atoms with E-state index in [1.807, 2.05) is 11.8 Å². The molecule has 0 spiro atoms. The van der Waals surface area contributed by atoms with Gasteiger partial charge in [-0.25, -0.2) is 12.7 Å². The average molecular weight is 306 g/mol. The van der Waals surface area contributed by atoms with Crippen LogP contribution in [0.25, 0.3) is 0 Å². The molecule has 0 aromatic heterocycles. The fourth-order valence-corrected chi connectivity index (χ4v) is 5.52. The van der Waals surface area contributed by atoms with Gasteiger partial charge in [-0.3, -0.25) is 0 Å². The largest absolute Gasteiger partial charge is 0.326 e. The summed E-state index contributed by atoms with van der Waals surface area (Å²) in [6, 6.07) is 0.185. The van der Waals surface area contributed by atoms with Gasteiger partial charge in [0, 0.05) is 23.9 Å². The Bertz CT molecular complexity index is 405. The molecule has 0 aliphatic carbocycles. The molecule has 4 nitrogen and oxygen atoms in total. The van der Waals surface area contributed by atoms with E-state index in [1.165, 1.54) is 24.9 Å². The molecule has 2 aliphatic heterocycles. The summed E-state index contributed by atoms with van der Waals surface area (Å²) in [5.74, 6) is 1.64. The van der Waals surface area contributed by atoms with Crippen LogP contribution in [0, 0.1) is 5.92 Å². The highest BCUT2D eigenvalue weighted by Gasteiger charge is 2.37. The van der Waals surface area contributed by atoms with Gasteiger partial charge < -0.3 is 5.73 Å². The van der Waals surface area contributed by atoms with Crippen LogP contribution in [-0.4, -0.2) is 48.6 Å². The summed E-state index contributed by atoms with van der Waals surface area (Å²) in [5, 5.41) is 0. The van der Waals surface area contributed by atoms with Gasteiger partial charge in [0.1, 0.15) is 0 Å². The summed E-state index contributed by atoms with van der Waals surface area (Å²) >= 11 is 1.99. The molecule has 0 aromatic rings. The zero-order valence-electron chi connectivity index (χ0n) is 12.0. The zero-order valence-corrected chi connectivity index (χ0v) is 13.6. The second-order valence-corrected chi connectivity index (χ2v) is 9.85. The predicted octanol–water partition coefficient (Wildman–Crippen LogP) is 1.66. The van der Waals surface area contributed by atoms with Crippen molar-refractivity contribution >= 4 is 21.8 Å². The molecular formula is C13H26N2O2S2. The fourth-order valence-electron chi connectivity index (χ4n) is 3.22. The van der Waals surface area contributed by atoms with Gasteiger partial charge >= 0.3 is 0 Å². The molecular weight excluding hydrogens is 280 g/mol. The van der Waals surface area contributed by atoms with Gasteiger partial charge in [0.25, 0.3) is 0 Å². The Morgan fingerprint density at radius 3 is 2.79 bits per heavy atom. The summed E-state index contributed by atoms with van der Waals surface area (Å²) in [6.07, 6.45) is 6.80. The van der Waals surface area contributed by atoms with Gasteiger partial charge in [-0.1, -0.05) is 0 Å². The van der Waals surface area contributed by atoms with Crippen molar-refractivity contribution in [3.63, 3.8) is 0 Å². The molecule has 2 fully saturated rings. The van der Waals surface area contributed by atoms with Crippen molar-refractivity contribution in [1.29, 1.82) is 0 Å². The fraction of sp³-hybridized carbons (Fsp3) is 1.00. The van der Waals surface area contributed by atoms with Gasteiger partial charge in [-0.2, -0.15) is 11.8 Å². The lowest BCUT2D eigenvalue weighted by molar-refractivity contribution is 0.237. The third-order valence-corrected chi connectivity index (χ3v) is 7.50. The topological polar surface area (TPSA) is 63.4 Å². The minimum atomic E-state index is -3.04. The number of hydrogen-bond donors (Lipinski definition) is 1. The first kappa shape index (κ1) is 15.6. The summed E-state index contributed by atoms with van der Waals surface area (Å²) in [4.78, 5) is 0. The molecule has 2 N–H and O–H groups in total. The first-order valence-corrected chi connectivity index (χ1v) is 9.99. The molecule has 0 saturated carbocycles. The summed E-state index contributed by atoms with van der Waals surface area (Å²) in [5.41, 5.74) is 6.41. The van der Waals surface area contributed by atoms with Gasteiger partial charge in [0.2, 0.25) is 10.0 Å². The molecule has 0 radical (unpaired) electrons. The molecule has 0 bridgehead atoms. The number of thioether (sulfide) groups is 1. The average Bonchev–Trinajstić information content (AvgIpc) is 2.77. The molecule has 3 atom stereocenters. The molecule has 2 rings (SSSR count). The third-order valence-electron chi connectivity index (χ3n) is 4.57. The Hall–Kier alpha value is 0.220. The molecule has 0 aromatic carbocycles. The second-order valence-electron chi connectivity index (χ2n) is 6.24. The molecule has 2 saturated heterocycles. The maximum Gasteiger partial charge on any atom is 0.211 e. The Morgan fingerprint density at radius 2 is 2.21 bits per heavy atom. The molecule has 2 heterocycles. The highest BCUT2D eigenvalue weighted by Crippen LogP contribution is 2.42.